The Hall–Kier alpha value is -4.21. The summed E-state index contributed by atoms with van der Waals surface area (Å²) in [5.41, 5.74) is -0.661. The van der Waals surface area contributed by atoms with Crippen molar-refractivity contribution in [2.24, 2.45) is 7.05 Å². The van der Waals surface area contributed by atoms with Crippen LogP contribution in [0.1, 0.15) is 39.6 Å². The van der Waals surface area contributed by atoms with Gasteiger partial charge in [0.2, 0.25) is 0 Å². The molecule has 2 aliphatic rings. The number of halogens is 3. The number of fused-ring (bicyclic) bond motifs is 1. The number of alkyl halides is 1. The van der Waals surface area contributed by atoms with Crippen molar-refractivity contribution >= 4 is 17.5 Å². The molecule has 4 heterocycles. The molecule has 2 aromatic heterocycles. The molecule has 9 nitrogen and oxygen atoms in total. The van der Waals surface area contributed by atoms with E-state index in [9.17, 15) is 19.6 Å². The molecule has 1 fully saturated rings. The first-order valence-corrected chi connectivity index (χ1v) is 14.4. The van der Waals surface area contributed by atoms with Crippen molar-refractivity contribution in [3.05, 3.63) is 106 Å². The minimum absolute atomic E-state index is 0.0937. The number of aromatic nitrogens is 3. The Labute approximate surface area is 257 Å². The van der Waals surface area contributed by atoms with Crippen LogP contribution in [0.25, 0.3) is 11.1 Å². The van der Waals surface area contributed by atoms with Crippen LogP contribution in [0, 0.1) is 17.1 Å². The number of nitriles is 1. The highest BCUT2D eigenvalue weighted by Crippen LogP contribution is 2.48. The van der Waals surface area contributed by atoms with Crippen LogP contribution < -0.4 is 0 Å². The Morgan fingerprint density at radius 1 is 1.25 bits per heavy atom. The van der Waals surface area contributed by atoms with Gasteiger partial charge in [0.15, 0.2) is 6.17 Å². The van der Waals surface area contributed by atoms with Gasteiger partial charge < -0.3 is 14.4 Å². The van der Waals surface area contributed by atoms with E-state index in [2.05, 4.69) is 9.97 Å². The number of hydrogen-bond donors (Lipinski definition) is 1. The number of aliphatic hydroxyl groups is 1. The smallest absolute Gasteiger partial charge is 0.281 e. The van der Waals surface area contributed by atoms with E-state index in [0.29, 0.717) is 28.5 Å². The predicted octanol–water partition coefficient (Wildman–Crippen LogP) is 4.70. The average Bonchev–Trinajstić information content (AvgIpc) is 3.54. The number of aliphatic hydroxyl groups excluding tert-OH is 1. The lowest BCUT2D eigenvalue weighted by Gasteiger charge is -2.42. The minimum Gasteiger partial charge on any atom is -0.390 e. The van der Waals surface area contributed by atoms with Gasteiger partial charge in [-0.25, -0.2) is 23.8 Å². The molecule has 0 spiro atoms. The first-order valence-electron chi connectivity index (χ1n) is 14.0. The van der Waals surface area contributed by atoms with Gasteiger partial charge in [-0.05, 0) is 41.8 Å². The summed E-state index contributed by atoms with van der Waals surface area (Å²) in [6, 6.07) is 16.5. The number of carbonyl (C=O) groups excluding carboxylic acids is 1. The molecule has 2 aromatic carbocycles. The van der Waals surface area contributed by atoms with E-state index in [0.717, 1.165) is 5.06 Å². The Morgan fingerprint density at radius 3 is 2.70 bits per heavy atom. The van der Waals surface area contributed by atoms with E-state index >= 15 is 4.39 Å². The van der Waals surface area contributed by atoms with Gasteiger partial charge in [0.25, 0.3) is 5.91 Å². The molecule has 44 heavy (non-hydrogen) atoms. The lowest BCUT2D eigenvalue weighted by atomic mass is 9.78. The molecule has 3 unspecified atom stereocenters. The second kappa shape index (κ2) is 12.1. The van der Waals surface area contributed by atoms with Gasteiger partial charge in [-0.3, -0.25) is 9.63 Å². The number of hydrogen-bond acceptors (Lipinski definition) is 7. The standard InChI is InChI=1S/C32H28ClF2N5O4/c1-39-14-13-37-28(39)12-11-27(41)32(15-21-3-2-4-22(16-36)38-21)24-10-9-23(19-5-7-20(33)8-6-19)30(35)29(24)31(42)40(32)44-18-26-25(34)17-43-26/h2-10,13-14,25-27,41H,11-12,15,17-18H2,1H3/t25?,26?,27?,32-/m1/s1. The molecule has 2 aliphatic heterocycles. The van der Waals surface area contributed by atoms with Gasteiger partial charge in [-0.2, -0.15) is 5.26 Å². The maximum atomic E-state index is 16.5. The van der Waals surface area contributed by atoms with Crippen molar-refractivity contribution in [3.8, 4) is 17.2 Å². The monoisotopic (exact) mass is 619 g/mol. The first kappa shape index (κ1) is 29.8. The molecule has 0 bridgehead atoms. The Kier molecular flexibility index (Phi) is 8.18. The van der Waals surface area contributed by atoms with Crippen LogP contribution in [0.3, 0.4) is 0 Å². The zero-order valence-electron chi connectivity index (χ0n) is 23.7. The van der Waals surface area contributed by atoms with Gasteiger partial charge in [0.1, 0.15) is 41.7 Å². The Balaban J connectivity index is 1.49. The fourth-order valence-electron chi connectivity index (χ4n) is 5.83. The van der Waals surface area contributed by atoms with E-state index < -0.39 is 35.6 Å². The number of pyridine rings is 1. The van der Waals surface area contributed by atoms with E-state index in [1.165, 1.54) is 6.07 Å². The fourth-order valence-corrected chi connectivity index (χ4v) is 5.95. The van der Waals surface area contributed by atoms with Gasteiger partial charge in [0, 0.05) is 48.6 Å². The molecule has 0 radical (unpaired) electrons. The van der Waals surface area contributed by atoms with Crippen molar-refractivity contribution in [2.45, 2.75) is 43.2 Å². The van der Waals surface area contributed by atoms with Crippen molar-refractivity contribution < 1.29 is 28.3 Å². The summed E-state index contributed by atoms with van der Waals surface area (Å²) in [7, 11) is 1.82. The van der Waals surface area contributed by atoms with Crippen molar-refractivity contribution in [3.63, 3.8) is 0 Å². The zero-order chi connectivity index (χ0) is 31.0. The third-order valence-corrected chi connectivity index (χ3v) is 8.50. The fraction of sp³-hybridized carbons (Fsp3) is 0.312. The summed E-state index contributed by atoms with van der Waals surface area (Å²) < 4.78 is 37.7. The number of nitrogens with zero attached hydrogens (tertiary/aromatic N) is 5. The molecular weight excluding hydrogens is 592 g/mol. The van der Waals surface area contributed by atoms with Crippen LogP contribution in [0.4, 0.5) is 8.78 Å². The number of aryl methyl sites for hydroxylation is 2. The number of amides is 1. The number of benzene rings is 2. The highest BCUT2D eigenvalue weighted by molar-refractivity contribution is 6.30. The molecule has 226 valence electrons. The van der Waals surface area contributed by atoms with Crippen LogP contribution >= 0.6 is 11.6 Å². The molecule has 0 aliphatic carbocycles. The van der Waals surface area contributed by atoms with Crippen LogP contribution in [0.15, 0.2) is 67.0 Å². The maximum absolute atomic E-state index is 16.5. The largest absolute Gasteiger partial charge is 0.390 e. The summed E-state index contributed by atoms with van der Waals surface area (Å²) in [5, 5.41) is 23.0. The number of carbonyl (C=O) groups is 1. The van der Waals surface area contributed by atoms with Crippen LogP contribution in [0.2, 0.25) is 5.02 Å². The number of hydroxylamine groups is 2. The van der Waals surface area contributed by atoms with Crippen LogP contribution in [-0.2, 0) is 35.0 Å². The average molecular weight is 620 g/mol. The second-order valence-electron chi connectivity index (χ2n) is 10.9. The SMILES string of the molecule is Cn1ccnc1CCC(O)[C@@]1(Cc2cccc(C#N)n2)c2ccc(-c3ccc(Cl)cc3)c(F)c2C(=O)N1OCC1OCC1F. The molecule has 4 aromatic rings. The Morgan fingerprint density at radius 2 is 2.05 bits per heavy atom. The molecule has 6 rings (SSSR count). The van der Waals surface area contributed by atoms with Gasteiger partial charge >= 0.3 is 0 Å². The lowest BCUT2D eigenvalue weighted by Crippen LogP contribution is -2.55. The summed E-state index contributed by atoms with van der Waals surface area (Å²) in [6.45, 7) is -0.435. The molecule has 1 saturated heterocycles. The molecule has 1 amide bonds. The molecule has 1 N–H and O–H groups in total. The van der Waals surface area contributed by atoms with Gasteiger partial charge in [0.05, 0.1) is 18.3 Å². The van der Waals surface area contributed by atoms with Crippen molar-refractivity contribution in [1.82, 2.24) is 19.6 Å². The van der Waals surface area contributed by atoms with Crippen LogP contribution in [-0.4, -0.2) is 62.2 Å². The van der Waals surface area contributed by atoms with Crippen molar-refractivity contribution in [1.29, 1.82) is 5.26 Å². The van der Waals surface area contributed by atoms with Crippen LogP contribution in [0.5, 0.6) is 0 Å². The highest BCUT2D eigenvalue weighted by atomic mass is 35.5. The molecular formula is C32H28ClF2N5O4. The minimum atomic E-state index is -1.70. The summed E-state index contributed by atoms with van der Waals surface area (Å²) in [6.07, 6.45) is 0.148. The second-order valence-corrected chi connectivity index (χ2v) is 11.3. The molecule has 12 heteroatoms. The quantitative estimate of drug-likeness (QED) is 0.274. The van der Waals surface area contributed by atoms with E-state index in [4.69, 9.17) is 21.2 Å². The predicted molar refractivity (Wildman–Crippen MR) is 155 cm³/mol. The number of imidazole rings is 1. The molecule has 4 atom stereocenters. The highest BCUT2D eigenvalue weighted by Gasteiger charge is 2.57. The first-order chi connectivity index (χ1) is 21.2. The zero-order valence-corrected chi connectivity index (χ0v) is 24.4. The number of rotatable bonds is 10. The van der Waals surface area contributed by atoms with Gasteiger partial charge in [-0.1, -0.05) is 41.9 Å². The summed E-state index contributed by atoms with van der Waals surface area (Å²) in [5.74, 6) is -0.952. The van der Waals surface area contributed by atoms with E-state index in [1.807, 2.05) is 17.7 Å². The third-order valence-electron chi connectivity index (χ3n) is 8.25. The van der Waals surface area contributed by atoms with Crippen molar-refractivity contribution in [2.75, 3.05) is 13.2 Å². The Bertz CT molecular complexity index is 1740. The summed E-state index contributed by atoms with van der Waals surface area (Å²) in [4.78, 5) is 28.9. The van der Waals surface area contributed by atoms with E-state index in [1.54, 1.807) is 60.9 Å². The van der Waals surface area contributed by atoms with Gasteiger partial charge in [-0.15, -0.1) is 0 Å². The topological polar surface area (TPSA) is 113 Å². The normalized spacial score (nSPS) is 21.5. The third kappa shape index (κ3) is 5.24. The molecule has 0 saturated carbocycles. The number of ether oxygens (including phenoxy) is 1. The maximum Gasteiger partial charge on any atom is 0.281 e. The van der Waals surface area contributed by atoms with E-state index in [-0.39, 0.29) is 48.4 Å². The lowest BCUT2D eigenvalue weighted by molar-refractivity contribution is -0.250. The summed E-state index contributed by atoms with van der Waals surface area (Å²) >= 11 is 6.04.